The molecule has 0 unspecified atom stereocenters. The van der Waals surface area contributed by atoms with E-state index in [2.05, 4.69) is 81.4 Å². The van der Waals surface area contributed by atoms with Gasteiger partial charge in [-0.2, -0.15) is 0 Å². The average Bonchev–Trinajstić information content (AvgIpc) is 2.70. The lowest BCUT2D eigenvalue weighted by atomic mass is 9.75. The minimum absolute atomic E-state index is 0.0327. The Kier molecular flexibility index (Phi) is 10.2. The van der Waals surface area contributed by atoms with Gasteiger partial charge in [-0.25, -0.2) is 0 Å². The van der Waals surface area contributed by atoms with Gasteiger partial charge in [-0.1, -0.05) is 55.0 Å². The van der Waals surface area contributed by atoms with Gasteiger partial charge in [0.1, 0.15) is 0 Å². The van der Waals surface area contributed by atoms with Gasteiger partial charge in [0.05, 0.1) is 0 Å². The van der Waals surface area contributed by atoms with E-state index < -0.39 is 0 Å². The van der Waals surface area contributed by atoms with E-state index in [4.69, 9.17) is 0 Å². The van der Waals surface area contributed by atoms with Crippen molar-refractivity contribution < 1.29 is 0 Å². The van der Waals surface area contributed by atoms with Crippen molar-refractivity contribution in [2.75, 3.05) is 30.4 Å². The first-order valence-corrected chi connectivity index (χ1v) is 10.3. The van der Waals surface area contributed by atoms with Crippen LogP contribution in [-0.4, -0.2) is 20.1 Å². The van der Waals surface area contributed by atoms with E-state index in [1.54, 1.807) is 0 Å². The Labute approximate surface area is 173 Å². The Balaban J connectivity index is 0.000000467. The second kappa shape index (κ2) is 12.1. The van der Waals surface area contributed by atoms with Crippen LogP contribution in [0.1, 0.15) is 44.7 Å². The molecule has 0 saturated carbocycles. The van der Waals surface area contributed by atoms with Crippen LogP contribution in [-0.2, 0) is 5.41 Å². The van der Waals surface area contributed by atoms with E-state index in [0.717, 1.165) is 25.9 Å². The molecule has 0 radical (unpaired) electrons. The quantitative estimate of drug-likeness (QED) is 0.473. The number of hydrogen-bond acceptors (Lipinski definition) is 2. The van der Waals surface area contributed by atoms with Gasteiger partial charge in [0.15, 0.2) is 0 Å². The lowest BCUT2D eigenvalue weighted by Gasteiger charge is -2.32. The molecule has 0 atom stereocenters. The Bertz CT molecular complexity index is 704. The highest BCUT2D eigenvalue weighted by Gasteiger charge is 2.27. The van der Waals surface area contributed by atoms with Crippen LogP contribution in [0.3, 0.4) is 0 Å². The molecule has 0 amide bonds. The molecule has 0 spiro atoms. The molecule has 0 aliphatic rings. The van der Waals surface area contributed by atoms with Gasteiger partial charge in [0.2, 0.25) is 0 Å². The van der Waals surface area contributed by atoms with Crippen molar-refractivity contribution >= 4 is 11.4 Å². The highest BCUT2D eigenvalue weighted by atomic mass is 15.1. The molecule has 28 heavy (non-hydrogen) atoms. The number of rotatable bonds is 9. The molecular weight excluding hydrogens is 340 g/mol. The van der Waals surface area contributed by atoms with Crippen LogP contribution in [0.4, 0.5) is 11.4 Å². The Morgan fingerprint density at radius 2 is 1.54 bits per heavy atom. The molecule has 0 bridgehead atoms. The largest absolute Gasteiger partial charge is 0.388 e. The number of benzene rings is 2. The van der Waals surface area contributed by atoms with E-state index in [1.165, 1.54) is 22.5 Å². The van der Waals surface area contributed by atoms with Crippen molar-refractivity contribution in [1.29, 1.82) is 0 Å². The molecule has 0 aliphatic heterocycles. The first-order valence-electron chi connectivity index (χ1n) is 10.3. The molecule has 152 valence electrons. The monoisotopic (exact) mass is 378 g/mol. The van der Waals surface area contributed by atoms with Crippen molar-refractivity contribution in [3.05, 3.63) is 85.0 Å². The molecule has 1 N–H and O–H groups in total. The maximum Gasteiger partial charge on any atom is 0.0377 e. The molecule has 0 saturated heterocycles. The lowest BCUT2D eigenvalue weighted by molar-refractivity contribution is 0.487. The van der Waals surface area contributed by atoms with Gasteiger partial charge in [0.25, 0.3) is 0 Å². The van der Waals surface area contributed by atoms with E-state index >= 15 is 0 Å². The highest BCUT2D eigenvalue weighted by Crippen LogP contribution is 2.39. The third-order valence-corrected chi connectivity index (χ3v) is 5.18. The van der Waals surface area contributed by atoms with Gasteiger partial charge >= 0.3 is 0 Å². The molecule has 0 aromatic heterocycles. The second-order valence-electron chi connectivity index (χ2n) is 7.35. The maximum atomic E-state index is 3.93. The van der Waals surface area contributed by atoms with Crippen molar-refractivity contribution in [2.45, 2.75) is 46.0 Å². The van der Waals surface area contributed by atoms with Gasteiger partial charge in [-0.05, 0) is 57.4 Å². The molecule has 0 fully saturated rings. The summed E-state index contributed by atoms with van der Waals surface area (Å²) in [4.78, 5) is 2.38. The zero-order valence-corrected chi connectivity index (χ0v) is 18.5. The summed E-state index contributed by atoms with van der Waals surface area (Å²) in [6, 6.07) is 17.0. The normalized spacial score (nSPS) is 10.5. The Morgan fingerprint density at radius 1 is 0.964 bits per heavy atom. The van der Waals surface area contributed by atoms with Gasteiger partial charge in [0, 0.05) is 36.9 Å². The van der Waals surface area contributed by atoms with Crippen molar-refractivity contribution in [3.8, 4) is 0 Å². The minimum Gasteiger partial charge on any atom is -0.388 e. The number of allylic oxidation sites excluding steroid dienone is 2. The van der Waals surface area contributed by atoms with Crippen LogP contribution < -0.4 is 10.2 Å². The summed E-state index contributed by atoms with van der Waals surface area (Å²) in [5, 5.41) is 3.33. The standard InChI is InChI=1S/C19H30N2.C7H8/c1-7-13-19(5,14-8-2)17-15-16(21(9-3)10-4)11-12-18(17)20-6;1-7-5-3-2-4-6-7/h7-8,11-12,15,20H,1-2,9-10,13-14H2,3-6H3;2-6H,1H3. The van der Waals surface area contributed by atoms with Crippen molar-refractivity contribution in [1.82, 2.24) is 0 Å². The minimum atomic E-state index is 0.0327. The molecular formula is C26H38N2. The van der Waals surface area contributed by atoms with Gasteiger partial charge in [-0.15, -0.1) is 13.2 Å². The fraction of sp³-hybridized carbons (Fsp3) is 0.385. The number of hydrogen-bond donors (Lipinski definition) is 1. The third kappa shape index (κ3) is 6.60. The van der Waals surface area contributed by atoms with E-state index in [0.29, 0.717) is 0 Å². The van der Waals surface area contributed by atoms with E-state index in [-0.39, 0.29) is 5.41 Å². The van der Waals surface area contributed by atoms with Crippen LogP contribution in [0.5, 0.6) is 0 Å². The van der Waals surface area contributed by atoms with Crippen molar-refractivity contribution in [2.24, 2.45) is 0 Å². The SMILES string of the molecule is C=CCC(C)(CC=C)c1cc(N(CC)CC)ccc1NC.Cc1ccccc1. The fourth-order valence-electron chi connectivity index (χ4n) is 3.51. The predicted molar refractivity (Wildman–Crippen MR) is 128 cm³/mol. The molecule has 2 rings (SSSR count). The molecule has 2 aromatic rings. The molecule has 0 aliphatic carbocycles. The van der Waals surface area contributed by atoms with Crippen LogP contribution >= 0.6 is 0 Å². The summed E-state index contributed by atoms with van der Waals surface area (Å²) in [6.07, 6.45) is 5.89. The zero-order valence-electron chi connectivity index (χ0n) is 18.5. The first-order chi connectivity index (χ1) is 13.4. The third-order valence-electron chi connectivity index (χ3n) is 5.18. The highest BCUT2D eigenvalue weighted by molar-refractivity contribution is 5.63. The Morgan fingerprint density at radius 3 is 1.93 bits per heavy atom. The molecule has 0 heterocycles. The summed E-state index contributed by atoms with van der Waals surface area (Å²) in [5.74, 6) is 0. The van der Waals surface area contributed by atoms with Crippen LogP contribution in [0.2, 0.25) is 0 Å². The predicted octanol–water partition coefficient (Wildman–Crippen LogP) is 6.98. The summed E-state index contributed by atoms with van der Waals surface area (Å²) in [7, 11) is 1.98. The number of nitrogens with zero attached hydrogens (tertiary/aromatic N) is 1. The zero-order chi connectivity index (χ0) is 21.0. The maximum absolute atomic E-state index is 3.93. The van der Waals surface area contributed by atoms with E-state index in [1.807, 2.05) is 37.4 Å². The Hall–Kier alpha value is -2.48. The number of nitrogens with one attached hydrogen (secondary N) is 1. The topological polar surface area (TPSA) is 15.3 Å². The van der Waals surface area contributed by atoms with E-state index in [9.17, 15) is 0 Å². The van der Waals surface area contributed by atoms with Crippen molar-refractivity contribution in [3.63, 3.8) is 0 Å². The average molecular weight is 379 g/mol. The smallest absolute Gasteiger partial charge is 0.0377 e. The number of anilines is 2. The number of aryl methyl sites for hydroxylation is 1. The first kappa shape index (κ1) is 23.6. The molecule has 2 heteroatoms. The lowest BCUT2D eigenvalue weighted by Crippen LogP contribution is -2.25. The summed E-state index contributed by atoms with van der Waals surface area (Å²) in [5.41, 5.74) is 5.17. The summed E-state index contributed by atoms with van der Waals surface area (Å²) in [6.45, 7) is 18.7. The van der Waals surface area contributed by atoms with Gasteiger partial charge in [-0.3, -0.25) is 0 Å². The second-order valence-corrected chi connectivity index (χ2v) is 7.35. The van der Waals surface area contributed by atoms with Gasteiger partial charge < -0.3 is 10.2 Å². The fourth-order valence-corrected chi connectivity index (χ4v) is 3.51. The molecule has 2 aromatic carbocycles. The van der Waals surface area contributed by atoms with Crippen LogP contribution in [0.15, 0.2) is 73.8 Å². The van der Waals surface area contributed by atoms with Crippen LogP contribution in [0.25, 0.3) is 0 Å². The van der Waals surface area contributed by atoms with Crippen LogP contribution in [0, 0.1) is 6.92 Å². The summed E-state index contributed by atoms with van der Waals surface area (Å²) < 4.78 is 0. The molecule has 2 nitrogen and oxygen atoms in total. The summed E-state index contributed by atoms with van der Waals surface area (Å²) >= 11 is 0.